The standard InChI is InChI=1S/C14H19NO4/c1-2-11(13(16)12-9-18-12)15-14(17)19-8-10-6-4-3-5-7-10/h3-7,11-13,16H,2,8-9H2,1H3,(H,15,17)/t11-,12?,13?/m0/s1. The molecule has 1 aliphatic rings. The quantitative estimate of drug-likeness (QED) is 0.764. The summed E-state index contributed by atoms with van der Waals surface area (Å²) in [5.41, 5.74) is 0.928. The molecule has 104 valence electrons. The van der Waals surface area contributed by atoms with Gasteiger partial charge in [-0.05, 0) is 12.0 Å². The van der Waals surface area contributed by atoms with Gasteiger partial charge >= 0.3 is 6.09 Å². The number of epoxide rings is 1. The monoisotopic (exact) mass is 265 g/mol. The molecular weight excluding hydrogens is 246 g/mol. The number of amides is 1. The van der Waals surface area contributed by atoms with E-state index in [0.29, 0.717) is 13.0 Å². The Bertz CT molecular complexity index is 405. The van der Waals surface area contributed by atoms with Gasteiger partial charge in [0.25, 0.3) is 0 Å². The maximum atomic E-state index is 11.6. The second-order valence-corrected chi connectivity index (χ2v) is 4.58. The van der Waals surface area contributed by atoms with Gasteiger partial charge in [-0.15, -0.1) is 0 Å². The molecule has 5 nitrogen and oxygen atoms in total. The number of hydrogen-bond donors (Lipinski definition) is 2. The highest BCUT2D eigenvalue weighted by molar-refractivity contribution is 5.67. The van der Waals surface area contributed by atoms with E-state index < -0.39 is 12.2 Å². The maximum absolute atomic E-state index is 11.6. The van der Waals surface area contributed by atoms with Crippen molar-refractivity contribution < 1.29 is 19.4 Å². The maximum Gasteiger partial charge on any atom is 0.407 e. The first-order chi connectivity index (χ1) is 9.20. The predicted octanol–water partition coefficient (Wildman–Crippen LogP) is 1.45. The summed E-state index contributed by atoms with van der Waals surface area (Å²) in [4.78, 5) is 11.6. The molecule has 2 unspecified atom stereocenters. The summed E-state index contributed by atoms with van der Waals surface area (Å²) in [6, 6.07) is 9.12. The minimum Gasteiger partial charge on any atom is -0.445 e. The Hall–Kier alpha value is -1.59. The van der Waals surface area contributed by atoms with Crippen LogP contribution in [0.2, 0.25) is 0 Å². The summed E-state index contributed by atoms with van der Waals surface area (Å²) in [6.45, 7) is 2.67. The molecule has 1 fully saturated rings. The van der Waals surface area contributed by atoms with Crippen molar-refractivity contribution in [3.8, 4) is 0 Å². The van der Waals surface area contributed by atoms with Crippen LogP contribution in [0.3, 0.4) is 0 Å². The van der Waals surface area contributed by atoms with E-state index in [2.05, 4.69) is 5.32 Å². The van der Waals surface area contributed by atoms with Gasteiger partial charge in [0.1, 0.15) is 18.8 Å². The molecule has 0 bridgehead atoms. The zero-order valence-electron chi connectivity index (χ0n) is 10.9. The van der Waals surface area contributed by atoms with E-state index in [1.165, 1.54) is 0 Å². The summed E-state index contributed by atoms with van der Waals surface area (Å²) >= 11 is 0. The zero-order valence-corrected chi connectivity index (χ0v) is 10.9. The van der Waals surface area contributed by atoms with Gasteiger partial charge in [-0.25, -0.2) is 4.79 Å². The van der Waals surface area contributed by atoms with Crippen LogP contribution in [0.4, 0.5) is 4.79 Å². The van der Waals surface area contributed by atoms with E-state index >= 15 is 0 Å². The summed E-state index contributed by atoms with van der Waals surface area (Å²) < 4.78 is 10.1. The van der Waals surface area contributed by atoms with Crippen LogP contribution in [-0.4, -0.2) is 36.1 Å². The van der Waals surface area contributed by atoms with Crippen molar-refractivity contribution in [2.75, 3.05) is 6.61 Å². The van der Waals surface area contributed by atoms with Gasteiger partial charge in [0.05, 0.1) is 12.6 Å². The Morgan fingerprint density at radius 1 is 1.53 bits per heavy atom. The second-order valence-electron chi connectivity index (χ2n) is 4.58. The number of aliphatic hydroxyl groups excluding tert-OH is 1. The van der Waals surface area contributed by atoms with Gasteiger partial charge in [-0.1, -0.05) is 37.3 Å². The molecular formula is C14H19NO4. The van der Waals surface area contributed by atoms with E-state index in [1.807, 2.05) is 37.3 Å². The highest BCUT2D eigenvalue weighted by Crippen LogP contribution is 2.18. The number of alkyl carbamates (subject to hydrolysis) is 1. The normalized spacial score (nSPS) is 20.4. The van der Waals surface area contributed by atoms with Crippen LogP contribution in [-0.2, 0) is 16.1 Å². The number of carbonyl (C=O) groups excluding carboxylic acids is 1. The first-order valence-corrected chi connectivity index (χ1v) is 6.47. The van der Waals surface area contributed by atoms with Gasteiger partial charge in [0.15, 0.2) is 0 Å². The van der Waals surface area contributed by atoms with E-state index in [1.54, 1.807) is 0 Å². The average Bonchev–Trinajstić information content (AvgIpc) is 3.27. The number of aliphatic hydroxyl groups is 1. The molecule has 0 saturated carbocycles. The topological polar surface area (TPSA) is 71.1 Å². The van der Waals surface area contributed by atoms with Gasteiger partial charge in [0, 0.05) is 0 Å². The fraction of sp³-hybridized carbons (Fsp3) is 0.500. The molecule has 19 heavy (non-hydrogen) atoms. The Balaban J connectivity index is 1.76. The molecule has 1 amide bonds. The van der Waals surface area contributed by atoms with Crippen molar-refractivity contribution in [1.29, 1.82) is 0 Å². The Morgan fingerprint density at radius 2 is 2.21 bits per heavy atom. The molecule has 0 radical (unpaired) electrons. The summed E-state index contributed by atoms with van der Waals surface area (Å²) in [6.07, 6.45) is -0.717. The van der Waals surface area contributed by atoms with Crippen molar-refractivity contribution in [2.45, 2.75) is 38.2 Å². The van der Waals surface area contributed by atoms with Gasteiger partial charge in [0.2, 0.25) is 0 Å². The molecule has 1 aromatic carbocycles. The van der Waals surface area contributed by atoms with Crippen LogP contribution in [0, 0.1) is 0 Å². The molecule has 1 aliphatic heterocycles. The largest absolute Gasteiger partial charge is 0.445 e. The van der Waals surface area contributed by atoms with E-state index in [4.69, 9.17) is 9.47 Å². The fourth-order valence-corrected chi connectivity index (χ4v) is 1.86. The molecule has 1 saturated heterocycles. The number of rotatable bonds is 6. The SMILES string of the molecule is CC[C@H](NC(=O)OCc1ccccc1)C(O)C1CO1. The summed E-state index contributed by atoms with van der Waals surface area (Å²) in [7, 11) is 0. The molecule has 2 N–H and O–H groups in total. The highest BCUT2D eigenvalue weighted by atomic mass is 16.6. The second kappa shape index (κ2) is 6.54. The Morgan fingerprint density at radius 3 is 2.79 bits per heavy atom. The minimum atomic E-state index is -0.672. The van der Waals surface area contributed by atoms with Crippen LogP contribution in [0.1, 0.15) is 18.9 Å². The van der Waals surface area contributed by atoms with E-state index in [0.717, 1.165) is 5.56 Å². The fourth-order valence-electron chi connectivity index (χ4n) is 1.86. The minimum absolute atomic E-state index is 0.153. The summed E-state index contributed by atoms with van der Waals surface area (Å²) in [5, 5.41) is 12.6. The number of benzene rings is 1. The van der Waals surface area contributed by atoms with Gasteiger partial charge < -0.3 is 19.9 Å². The molecule has 0 spiro atoms. The number of ether oxygens (including phenoxy) is 2. The predicted molar refractivity (Wildman–Crippen MR) is 69.6 cm³/mol. The van der Waals surface area contributed by atoms with Crippen LogP contribution < -0.4 is 5.32 Å². The molecule has 1 heterocycles. The molecule has 3 atom stereocenters. The van der Waals surface area contributed by atoms with Crippen molar-refractivity contribution in [3.63, 3.8) is 0 Å². The lowest BCUT2D eigenvalue weighted by molar-refractivity contribution is 0.0810. The third kappa shape index (κ3) is 4.22. The van der Waals surface area contributed by atoms with Crippen LogP contribution >= 0.6 is 0 Å². The van der Waals surface area contributed by atoms with E-state index in [-0.39, 0.29) is 18.8 Å². The van der Waals surface area contributed by atoms with Crippen LogP contribution in [0.15, 0.2) is 30.3 Å². The van der Waals surface area contributed by atoms with Crippen LogP contribution in [0.25, 0.3) is 0 Å². The first-order valence-electron chi connectivity index (χ1n) is 6.47. The van der Waals surface area contributed by atoms with Crippen molar-refractivity contribution in [2.24, 2.45) is 0 Å². The third-order valence-corrected chi connectivity index (χ3v) is 3.11. The number of nitrogens with one attached hydrogen (secondary N) is 1. The van der Waals surface area contributed by atoms with Gasteiger partial charge in [-0.3, -0.25) is 0 Å². The molecule has 2 rings (SSSR count). The Labute approximate surface area is 112 Å². The van der Waals surface area contributed by atoms with Crippen LogP contribution in [0.5, 0.6) is 0 Å². The highest BCUT2D eigenvalue weighted by Gasteiger charge is 2.36. The van der Waals surface area contributed by atoms with Crippen molar-refractivity contribution >= 4 is 6.09 Å². The summed E-state index contributed by atoms with van der Waals surface area (Å²) in [5.74, 6) is 0. The number of carbonyl (C=O) groups is 1. The Kier molecular flexibility index (Phi) is 4.76. The van der Waals surface area contributed by atoms with E-state index in [9.17, 15) is 9.90 Å². The smallest absolute Gasteiger partial charge is 0.407 e. The lowest BCUT2D eigenvalue weighted by Gasteiger charge is -2.21. The third-order valence-electron chi connectivity index (χ3n) is 3.11. The molecule has 1 aromatic rings. The first kappa shape index (κ1) is 13.8. The van der Waals surface area contributed by atoms with Crippen molar-refractivity contribution in [1.82, 2.24) is 5.32 Å². The number of hydrogen-bond acceptors (Lipinski definition) is 4. The lowest BCUT2D eigenvalue weighted by Crippen LogP contribution is -2.45. The molecule has 0 aromatic heterocycles. The lowest BCUT2D eigenvalue weighted by atomic mass is 10.1. The average molecular weight is 265 g/mol. The molecule has 5 heteroatoms. The zero-order chi connectivity index (χ0) is 13.7. The van der Waals surface area contributed by atoms with Gasteiger partial charge in [-0.2, -0.15) is 0 Å². The van der Waals surface area contributed by atoms with Crippen molar-refractivity contribution in [3.05, 3.63) is 35.9 Å². The molecule has 0 aliphatic carbocycles.